The van der Waals surface area contributed by atoms with E-state index in [9.17, 15) is 18.0 Å². The van der Waals surface area contributed by atoms with Crippen molar-refractivity contribution in [2.45, 2.75) is 43.7 Å². The molecule has 2 aliphatic rings. The van der Waals surface area contributed by atoms with E-state index >= 15 is 0 Å². The number of benzene rings is 1. The number of piperidine rings is 1. The highest BCUT2D eigenvalue weighted by atomic mass is 19.4. The molecule has 1 aliphatic heterocycles. The number of hydrogen-bond acceptors (Lipinski definition) is 5. The maximum absolute atomic E-state index is 13.1. The Morgan fingerprint density at radius 2 is 1.79 bits per heavy atom. The second kappa shape index (κ2) is 8.31. The third kappa shape index (κ3) is 4.14. The van der Waals surface area contributed by atoms with Gasteiger partial charge >= 0.3 is 6.18 Å². The third-order valence-electron chi connectivity index (χ3n) is 6.99. The minimum absolute atomic E-state index is 0.0337. The van der Waals surface area contributed by atoms with Gasteiger partial charge in [0.2, 0.25) is 5.91 Å². The van der Waals surface area contributed by atoms with Crippen molar-refractivity contribution in [3.8, 4) is 0 Å². The molecule has 1 aromatic carbocycles. The molecule has 0 spiro atoms. The number of aromatic nitrogens is 4. The van der Waals surface area contributed by atoms with Crippen molar-refractivity contribution in [3.05, 3.63) is 53.9 Å². The van der Waals surface area contributed by atoms with Crippen molar-refractivity contribution in [2.24, 2.45) is 5.92 Å². The lowest BCUT2D eigenvalue weighted by Gasteiger charge is -2.43. The van der Waals surface area contributed by atoms with E-state index in [0.29, 0.717) is 38.3 Å². The zero-order valence-electron chi connectivity index (χ0n) is 18.1. The Balaban J connectivity index is 1.20. The molecule has 2 aromatic heterocycles. The average molecular weight is 458 g/mol. The van der Waals surface area contributed by atoms with Crippen LogP contribution < -0.4 is 10.2 Å². The monoisotopic (exact) mass is 458 g/mol. The van der Waals surface area contributed by atoms with Gasteiger partial charge in [0.25, 0.3) is 5.82 Å². The first-order chi connectivity index (χ1) is 15.9. The molecule has 0 unspecified atom stereocenters. The van der Waals surface area contributed by atoms with Crippen molar-refractivity contribution in [2.75, 3.05) is 24.5 Å². The lowest BCUT2D eigenvalue weighted by atomic mass is 9.64. The van der Waals surface area contributed by atoms with Crippen LogP contribution in [0.1, 0.15) is 43.5 Å². The number of fused-ring (bicyclic) bond motifs is 1. The van der Waals surface area contributed by atoms with Gasteiger partial charge in [-0.05, 0) is 43.4 Å². The van der Waals surface area contributed by atoms with Gasteiger partial charge in [0.1, 0.15) is 5.82 Å². The van der Waals surface area contributed by atoms with Crippen LogP contribution in [0.15, 0.2) is 42.5 Å². The molecule has 7 nitrogen and oxygen atoms in total. The van der Waals surface area contributed by atoms with Gasteiger partial charge in [0.05, 0.1) is 0 Å². The van der Waals surface area contributed by atoms with Crippen molar-refractivity contribution in [1.82, 2.24) is 25.1 Å². The molecule has 5 rings (SSSR count). The van der Waals surface area contributed by atoms with Gasteiger partial charge < -0.3 is 10.2 Å². The lowest BCUT2D eigenvalue weighted by Crippen LogP contribution is -2.48. The van der Waals surface area contributed by atoms with Crippen LogP contribution in [0.25, 0.3) is 5.65 Å². The third-order valence-corrected chi connectivity index (χ3v) is 6.99. The van der Waals surface area contributed by atoms with Gasteiger partial charge in [-0.25, -0.2) is 0 Å². The fraction of sp³-hybridized carbons (Fsp3) is 0.478. The van der Waals surface area contributed by atoms with Crippen molar-refractivity contribution < 1.29 is 18.0 Å². The number of hydrogen-bond donors (Lipinski definition) is 1. The van der Waals surface area contributed by atoms with Gasteiger partial charge in [-0.1, -0.05) is 36.8 Å². The number of carbonyl (C=O) groups excluding carboxylic acids is 1. The van der Waals surface area contributed by atoms with Gasteiger partial charge in [-0.3, -0.25) is 4.79 Å². The maximum Gasteiger partial charge on any atom is 0.453 e. The lowest BCUT2D eigenvalue weighted by molar-refractivity contribution is -0.146. The molecular formula is C23H25F3N6O. The second-order valence-electron chi connectivity index (χ2n) is 8.96. The Labute approximate surface area is 189 Å². The first-order valence-corrected chi connectivity index (χ1v) is 11.2. The van der Waals surface area contributed by atoms with E-state index in [1.807, 2.05) is 23.1 Å². The summed E-state index contributed by atoms with van der Waals surface area (Å²) in [5.41, 5.74) is 1.36. The van der Waals surface area contributed by atoms with Gasteiger partial charge in [-0.15, -0.1) is 15.3 Å². The summed E-state index contributed by atoms with van der Waals surface area (Å²) in [7, 11) is 0. The summed E-state index contributed by atoms with van der Waals surface area (Å²) in [6.45, 7) is 1.73. The largest absolute Gasteiger partial charge is 0.453 e. The van der Waals surface area contributed by atoms with E-state index in [1.165, 1.54) is 18.1 Å². The molecule has 3 aromatic rings. The molecule has 10 heteroatoms. The fourth-order valence-electron chi connectivity index (χ4n) is 4.86. The highest BCUT2D eigenvalue weighted by molar-refractivity contribution is 5.79. The van der Waals surface area contributed by atoms with Crippen LogP contribution in [-0.4, -0.2) is 45.4 Å². The Bertz CT molecular complexity index is 1130. The zero-order chi connectivity index (χ0) is 23.1. The molecule has 1 aliphatic carbocycles. The predicted molar refractivity (Wildman–Crippen MR) is 116 cm³/mol. The predicted octanol–water partition coefficient (Wildman–Crippen LogP) is 3.60. The van der Waals surface area contributed by atoms with E-state index in [-0.39, 0.29) is 22.9 Å². The smallest absolute Gasteiger partial charge is 0.355 e. The molecule has 2 fully saturated rings. The maximum atomic E-state index is 13.1. The Kier molecular flexibility index (Phi) is 5.46. The standard InChI is InChI=1S/C23H25F3N6O/c24-23(25,26)21-29-28-18-7-8-19(30-32(18)21)31-13-9-16(10-14-31)20(33)27-15-22(11-4-12-22)17-5-2-1-3-6-17/h1-3,5-8,16H,4,9-15H2,(H,27,33). The highest BCUT2D eigenvalue weighted by Gasteiger charge is 2.40. The van der Waals surface area contributed by atoms with E-state index in [0.717, 1.165) is 17.4 Å². The van der Waals surface area contributed by atoms with Crippen molar-refractivity contribution in [3.63, 3.8) is 0 Å². The number of rotatable bonds is 5. The zero-order valence-corrected chi connectivity index (χ0v) is 18.1. The van der Waals surface area contributed by atoms with E-state index in [2.05, 4.69) is 32.7 Å². The van der Waals surface area contributed by atoms with E-state index in [4.69, 9.17) is 0 Å². The molecule has 1 amide bonds. The minimum atomic E-state index is -4.63. The Morgan fingerprint density at radius 3 is 2.42 bits per heavy atom. The summed E-state index contributed by atoms with van der Waals surface area (Å²) in [5, 5.41) is 14.0. The summed E-state index contributed by atoms with van der Waals surface area (Å²) < 4.78 is 40.1. The summed E-state index contributed by atoms with van der Waals surface area (Å²) in [6.07, 6.45) is -0.0626. The van der Waals surface area contributed by atoms with Crippen LogP contribution >= 0.6 is 0 Å². The topological polar surface area (TPSA) is 75.4 Å². The van der Waals surface area contributed by atoms with Crippen LogP contribution in [0, 0.1) is 5.92 Å². The molecule has 33 heavy (non-hydrogen) atoms. The second-order valence-corrected chi connectivity index (χ2v) is 8.96. The van der Waals surface area contributed by atoms with Gasteiger partial charge in [-0.2, -0.15) is 17.7 Å². The summed E-state index contributed by atoms with van der Waals surface area (Å²) in [5.74, 6) is -0.780. The molecule has 0 atom stereocenters. The van der Waals surface area contributed by atoms with E-state index < -0.39 is 12.0 Å². The van der Waals surface area contributed by atoms with Gasteiger partial charge in [0, 0.05) is 31.0 Å². The van der Waals surface area contributed by atoms with Crippen LogP contribution in [0.4, 0.5) is 19.0 Å². The first-order valence-electron chi connectivity index (χ1n) is 11.2. The quantitative estimate of drug-likeness (QED) is 0.633. The van der Waals surface area contributed by atoms with Crippen LogP contribution in [0.2, 0.25) is 0 Å². The number of anilines is 1. The van der Waals surface area contributed by atoms with Crippen molar-refractivity contribution in [1.29, 1.82) is 0 Å². The number of carbonyl (C=O) groups is 1. The van der Waals surface area contributed by atoms with E-state index in [1.54, 1.807) is 6.07 Å². The molecule has 0 bridgehead atoms. The molecule has 1 saturated heterocycles. The summed E-state index contributed by atoms with van der Waals surface area (Å²) in [6, 6.07) is 13.5. The first kappa shape index (κ1) is 21.7. The number of halogens is 3. The van der Waals surface area contributed by atoms with Crippen LogP contribution in [0.5, 0.6) is 0 Å². The highest BCUT2D eigenvalue weighted by Crippen LogP contribution is 2.43. The SMILES string of the molecule is O=C(NCC1(c2ccccc2)CCC1)C1CCN(c2ccc3nnc(C(F)(F)F)n3n2)CC1. The Hall–Kier alpha value is -3.17. The molecular weight excluding hydrogens is 433 g/mol. The van der Waals surface area contributed by atoms with Gasteiger partial charge in [0.15, 0.2) is 5.65 Å². The molecule has 1 saturated carbocycles. The van der Waals surface area contributed by atoms with Crippen molar-refractivity contribution >= 4 is 17.4 Å². The van der Waals surface area contributed by atoms with Crippen LogP contribution in [0.3, 0.4) is 0 Å². The normalized spacial score (nSPS) is 18.8. The number of nitrogens with zero attached hydrogens (tertiary/aromatic N) is 5. The minimum Gasteiger partial charge on any atom is -0.355 e. The summed E-state index contributed by atoms with van der Waals surface area (Å²) in [4.78, 5) is 14.8. The summed E-state index contributed by atoms with van der Waals surface area (Å²) >= 11 is 0. The number of alkyl halides is 3. The molecule has 1 N–H and O–H groups in total. The van der Waals surface area contributed by atoms with Crippen LogP contribution in [-0.2, 0) is 16.4 Å². The molecule has 0 radical (unpaired) electrons. The number of amides is 1. The Morgan fingerprint density at radius 1 is 1.06 bits per heavy atom. The molecule has 3 heterocycles. The fourth-order valence-corrected chi connectivity index (χ4v) is 4.86. The molecule has 174 valence electrons. The number of nitrogens with one attached hydrogen (secondary N) is 1. The average Bonchev–Trinajstić information content (AvgIpc) is 3.23.